The first kappa shape index (κ1) is 15.8. The van der Waals surface area contributed by atoms with E-state index in [9.17, 15) is 4.79 Å². The molecule has 0 aliphatic carbocycles. The van der Waals surface area contributed by atoms with Gasteiger partial charge in [-0.25, -0.2) is 0 Å². The van der Waals surface area contributed by atoms with Gasteiger partial charge in [0.15, 0.2) is 0 Å². The van der Waals surface area contributed by atoms with Gasteiger partial charge < -0.3 is 20.7 Å². The normalized spacial score (nSPS) is 18.8. The fraction of sp³-hybridized carbons (Fsp3) is 0.562. The zero-order valence-corrected chi connectivity index (χ0v) is 12.9. The van der Waals surface area contributed by atoms with Gasteiger partial charge in [0.2, 0.25) is 5.91 Å². The Kier molecular flexibility index (Phi) is 5.59. The van der Waals surface area contributed by atoms with Crippen LogP contribution < -0.4 is 16.0 Å². The van der Waals surface area contributed by atoms with Gasteiger partial charge in [0.05, 0.1) is 13.2 Å². The fourth-order valence-corrected chi connectivity index (χ4v) is 2.69. The van der Waals surface area contributed by atoms with E-state index in [4.69, 9.17) is 10.5 Å². The standard InChI is InChI=1S/C16H25N3O2/c1-3-6-18-10-13-4-5-14(12(2)9-13)19-7-8-21-11-15(19)16(17)20/h4-5,9,15,18H,3,6-8,10-11H2,1-2H3,(H2,17,20). The molecule has 1 aromatic carbocycles. The molecule has 1 atom stereocenters. The van der Waals surface area contributed by atoms with Crippen LogP contribution in [-0.4, -0.2) is 38.3 Å². The van der Waals surface area contributed by atoms with E-state index in [1.54, 1.807) is 0 Å². The van der Waals surface area contributed by atoms with Crippen LogP contribution in [0.3, 0.4) is 0 Å². The molecule has 1 saturated heterocycles. The lowest BCUT2D eigenvalue weighted by atomic mass is 10.1. The van der Waals surface area contributed by atoms with Crippen LogP contribution in [0.15, 0.2) is 18.2 Å². The number of ether oxygens (including phenoxy) is 1. The van der Waals surface area contributed by atoms with Crippen LogP contribution in [-0.2, 0) is 16.1 Å². The molecule has 0 radical (unpaired) electrons. The second kappa shape index (κ2) is 7.43. The molecule has 0 bridgehead atoms. The summed E-state index contributed by atoms with van der Waals surface area (Å²) in [4.78, 5) is 13.6. The second-order valence-corrected chi connectivity index (χ2v) is 5.48. The van der Waals surface area contributed by atoms with Crippen molar-refractivity contribution >= 4 is 11.6 Å². The van der Waals surface area contributed by atoms with E-state index in [2.05, 4.69) is 42.3 Å². The second-order valence-electron chi connectivity index (χ2n) is 5.48. The topological polar surface area (TPSA) is 67.6 Å². The predicted octanol–water partition coefficient (Wildman–Crippen LogP) is 1.19. The molecule has 1 unspecified atom stereocenters. The highest BCUT2D eigenvalue weighted by Gasteiger charge is 2.28. The van der Waals surface area contributed by atoms with Gasteiger partial charge in [-0.1, -0.05) is 19.1 Å². The maximum absolute atomic E-state index is 11.6. The highest BCUT2D eigenvalue weighted by Crippen LogP contribution is 2.25. The molecule has 5 heteroatoms. The Bertz CT molecular complexity index is 490. The largest absolute Gasteiger partial charge is 0.377 e. The van der Waals surface area contributed by atoms with Crippen LogP contribution in [0.2, 0.25) is 0 Å². The molecular formula is C16H25N3O2. The molecule has 21 heavy (non-hydrogen) atoms. The lowest BCUT2D eigenvalue weighted by Gasteiger charge is -2.36. The van der Waals surface area contributed by atoms with E-state index >= 15 is 0 Å². The number of nitrogens with two attached hydrogens (primary N) is 1. The zero-order valence-electron chi connectivity index (χ0n) is 12.9. The summed E-state index contributed by atoms with van der Waals surface area (Å²) >= 11 is 0. The molecule has 1 aliphatic heterocycles. The van der Waals surface area contributed by atoms with Crippen LogP contribution in [0, 0.1) is 6.92 Å². The van der Waals surface area contributed by atoms with Gasteiger partial charge in [-0.3, -0.25) is 4.79 Å². The molecule has 2 rings (SSSR count). The lowest BCUT2D eigenvalue weighted by Crippen LogP contribution is -2.52. The molecule has 1 aliphatic rings. The van der Waals surface area contributed by atoms with E-state index < -0.39 is 0 Å². The maximum atomic E-state index is 11.6. The predicted molar refractivity (Wildman–Crippen MR) is 84.3 cm³/mol. The third kappa shape index (κ3) is 3.95. The minimum Gasteiger partial charge on any atom is -0.377 e. The quantitative estimate of drug-likeness (QED) is 0.773. The summed E-state index contributed by atoms with van der Waals surface area (Å²) in [6.45, 7) is 7.82. The third-order valence-corrected chi connectivity index (χ3v) is 3.78. The Morgan fingerprint density at radius 2 is 2.33 bits per heavy atom. The number of anilines is 1. The third-order valence-electron chi connectivity index (χ3n) is 3.78. The van der Waals surface area contributed by atoms with Crippen LogP contribution >= 0.6 is 0 Å². The Morgan fingerprint density at radius 1 is 1.52 bits per heavy atom. The summed E-state index contributed by atoms with van der Waals surface area (Å²) in [5.41, 5.74) is 8.98. The van der Waals surface area contributed by atoms with Gasteiger partial charge in [-0.2, -0.15) is 0 Å². The maximum Gasteiger partial charge on any atom is 0.242 e. The van der Waals surface area contributed by atoms with Crippen molar-refractivity contribution in [2.45, 2.75) is 32.9 Å². The number of aryl methyl sites for hydroxylation is 1. The molecule has 1 aromatic rings. The Balaban J connectivity index is 2.13. The van der Waals surface area contributed by atoms with Crippen molar-refractivity contribution in [1.29, 1.82) is 0 Å². The summed E-state index contributed by atoms with van der Waals surface area (Å²) in [7, 11) is 0. The van der Waals surface area contributed by atoms with Crippen molar-refractivity contribution in [2.24, 2.45) is 5.73 Å². The average molecular weight is 291 g/mol. The first-order valence-corrected chi connectivity index (χ1v) is 7.57. The number of rotatable bonds is 6. The number of nitrogens with zero attached hydrogens (tertiary/aromatic N) is 1. The Labute approximate surface area is 126 Å². The molecule has 0 aromatic heterocycles. The Hall–Kier alpha value is -1.59. The summed E-state index contributed by atoms with van der Waals surface area (Å²) < 4.78 is 5.37. The number of carbonyl (C=O) groups is 1. The Morgan fingerprint density at radius 3 is 3.00 bits per heavy atom. The molecular weight excluding hydrogens is 266 g/mol. The van der Waals surface area contributed by atoms with Crippen molar-refractivity contribution in [3.8, 4) is 0 Å². The SMILES string of the molecule is CCCNCc1ccc(N2CCOCC2C(N)=O)c(C)c1. The number of hydrogen-bond donors (Lipinski definition) is 2. The number of carbonyl (C=O) groups excluding carboxylic acids is 1. The van der Waals surface area contributed by atoms with E-state index in [0.717, 1.165) is 25.2 Å². The zero-order chi connectivity index (χ0) is 15.2. The van der Waals surface area contributed by atoms with Crippen LogP contribution in [0.1, 0.15) is 24.5 Å². The van der Waals surface area contributed by atoms with Gasteiger partial charge in [0, 0.05) is 18.8 Å². The fourth-order valence-electron chi connectivity index (χ4n) is 2.69. The molecule has 0 spiro atoms. The van der Waals surface area contributed by atoms with Gasteiger partial charge in [-0.15, -0.1) is 0 Å². The van der Waals surface area contributed by atoms with E-state index in [-0.39, 0.29) is 11.9 Å². The average Bonchev–Trinajstić information content (AvgIpc) is 2.48. The van der Waals surface area contributed by atoms with E-state index in [1.807, 2.05) is 0 Å². The number of amides is 1. The summed E-state index contributed by atoms with van der Waals surface area (Å²) in [5, 5.41) is 3.40. The summed E-state index contributed by atoms with van der Waals surface area (Å²) in [5.74, 6) is -0.331. The first-order valence-electron chi connectivity index (χ1n) is 7.57. The minimum absolute atomic E-state index is 0.331. The van der Waals surface area contributed by atoms with Gasteiger partial charge in [0.25, 0.3) is 0 Å². The van der Waals surface area contributed by atoms with Crippen molar-refractivity contribution < 1.29 is 9.53 Å². The molecule has 116 valence electrons. The molecule has 1 fully saturated rings. The number of primary amides is 1. The monoisotopic (exact) mass is 291 g/mol. The van der Waals surface area contributed by atoms with E-state index in [0.29, 0.717) is 19.8 Å². The molecule has 3 N–H and O–H groups in total. The number of morpholine rings is 1. The van der Waals surface area contributed by atoms with Gasteiger partial charge >= 0.3 is 0 Å². The number of hydrogen-bond acceptors (Lipinski definition) is 4. The molecule has 0 saturated carbocycles. The van der Waals surface area contributed by atoms with Crippen LogP contribution in [0.5, 0.6) is 0 Å². The van der Waals surface area contributed by atoms with E-state index in [1.165, 1.54) is 11.1 Å². The lowest BCUT2D eigenvalue weighted by molar-refractivity contribution is -0.121. The summed E-state index contributed by atoms with van der Waals surface area (Å²) in [6, 6.07) is 5.99. The van der Waals surface area contributed by atoms with Crippen molar-refractivity contribution in [3.63, 3.8) is 0 Å². The van der Waals surface area contributed by atoms with Crippen molar-refractivity contribution in [3.05, 3.63) is 29.3 Å². The first-order chi connectivity index (χ1) is 10.1. The molecule has 1 heterocycles. The minimum atomic E-state index is -0.374. The highest BCUT2D eigenvalue weighted by molar-refractivity contribution is 5.84. The number of benzene rings is 1. The number of nitrogens with one attached hydrogen (secondary N) is 1. The highest BCUT2D eigenvalue weighted by atomic mass is 16.5. The smallest absolute Gasteiger partial charge is 0.242 e. The summed E-state index contributed by atoms with van der Waals surface area (Å²) in [6.07, 6.45) is 1.13. The van der Waals surface area contributed by atoms with Crippen molar-refractivity contribution in [1.82, 2.24) is 5.32 Å². The molecule has 5 nitrogen and oxygen atoms in total. The van der Waals surface area contributed by atoms with Crippen molar-refractivity contribution in [2.75, 3.05) is 31.2 Å². The van der Waals surface area contributed by atoms with Gasteiger partial charge in [0.1, 0.15) is 6.04 Å². The van der Waals surface area contributed by atoms with Crippen LogP contribution in [0.4, 0.5) is 5.69 Å². The molecule has 1 amide bonds. The van der Waals surface area contributed by atoms with Crippen LogP contribution in [0.25, 0.3) is 0 Å². The van der Waals surface area contributed by atoms with Gasteiger partial charge in [-0.05, 0) is 37.1 Å².